The maximum atomic E-state index is 12.0. The molecule has 1 heterocycles. The van der Waals surface area contributed by atoms with E-state index in [0.717, 1.165) is 0 Å². The van der Waals surface area contributed by atoms with Crippen molar-refractivity contribution < 1.29 is 4.79 Å². The second-order valence-corrected chi connectivity index (χ2v) is 4.66. The Bertz CT molecular complexity index is 648. The van der Waals surface area contributed by atoms with Crippen LogP contribution in [0.15, 0.2) is 24.5 Å². The molecule has 0 aliphatic heterocycles. The monoisotopic (exact) mass is 316 g/mol. The van der Waals surface area contributed by atoms with Crippen LogP contribution >= 0.6 is 34.8 Å². The molecule has 0 aliphatic rings. The summed E-state index contributed by atoms with van der Waals surface area (Å²) in [4.78, 5) is 19.5. The van der Waals surface area contributed by atoms with Crippen molar-refractivity contribution in [3.8, 4) is 0 Å². The van der Waals surface area contributed by atoms with Crippen LogP contribution in [0.25, 0.3) is 0 Å². The van der Waals surface area contributed by atoms with Crippen LogP contribution in [-0.2, 0) is 0 Å². The second kappa shape index (κ2) is 5.61. The minimum absolute atomic E-state index is 0.0577. The van der Waals surface area contributed by atoms with Crippen molar-refractivity contribution in [3.63, 3.8) is 0 Å². The molecule has 8 heteroatoms. The molecule has 2 aromatic rings. The minimum atomic E-state index is -0.432. The lowest BCUT2D eigenvalue weighted by Gasteiger charge is -2.07. The summed E-state index contributed by atoms with van der Waals surface area (Å²) in [5, 5.41) is 2.93. The number of nitrogens with two attached hydrogens (primary N) is 1. The van der Waals surface area contributed by atoms with Gasteiger partial charge in [0, 0.05) is 5.56 Å². The van der Waals surface area contributed by atoms with Crippen LogP contribution in [0, 0.1) is 0 Å². The Balaban J connectivity index is 2.26. The first-order valence-corrected chi connectivity index (χ1v) is 6.15. The summed E-state index contributed by atoms with van der Waals surface area (Å²) in [5.41, 5.74) is 6.28. The number of nitrogens with one attached hydrogen (secondary N) is 1. The van der Waals surface area contributed by atoms with Crippen LogP contribution in [0.4, 0.5) is 11.5 Å². The molecule has 0 radical (unpaired) electrons. The number of anilines is 2. The Morgan fingerprint density at radius 3 is 2.63 bits per heavy atom. The van der Waals surface area contributed by atoms with Crippen LogP contribution in [-0.4, -0.2) is 15.9 Å². The zero-order valence-electron chi connectivity index (χ0n) is 9.32. The highest BCUT2D eigenvalue weighted by atomic mass is 35.5. The van der Waals surface area contributed by atoms with Crippen LogP contribution in [0.1, 0.15) is 10.4 Å². The number of hydrogen-bond donors (Lipinski definition) is 2. The third-order valence-corrected chi connectivity index (χ3v) is 3.31. The summed E-state index contributed by atoms with van der Waals surface area (Å²) < 4.78 is 0. The highest BCUT2D eigenvalue weighted by Gasteiger charge is 2.13. The zero-order valence-corrected chi connectivity index (χ0v) is 11.6. The van der Waals surface area contributed by atoms with Gasteiger partial charge in [-0.15, -0.1) is 0 Å². The number of nitrogen functional groups attached to an aromatic ring is 1. The van der Waals surface area contributed by atoms with E-state index < -0.39 is 5.91 Å². The maximum absolute atomic E-state index is 12.0. The van der Waals surface area contributed by atoms with Crippen molar-refractivity contribution in [2.24, 2.45) is 0 Å². The van der Waals surface area contributed by atoms with Gasteiger partial charge < -0.3 is 11.1 Å². The number of amides is 1. The molecule has 5 nitrogen and oxygen atoms in total. The first-order valence-electron chi connectivity index (χ1n) is 5.01. The summed E-state index contributed by atoms with van der Waals surface area (Å²) in [7, 11) is 0. The van der Waals surface area contributed by atoms with Crippen molar-refractivity contribution >= 4 is 52.2 Å². The van der Waals surface area contributed by atoms with Gasteiger partial charge in [0.25, 0.3) is 5.91 Å². The standard InChI is InChI=1S/C11H7Cl3N4O/c12-6-3-5(1-2-7(6)15)11(19)18-10-8(13)9(14)16-4-17-10/h1-4H,15H2,(H,16,17,18,19). The van der Waals surface area contributed by atoms with Gasteiger partial charge in [-0.2, -0.15) is 0 Å². The molecule has 0 unspecified atom stereocenters. The molecule has 0 bridgehead atoms. The van der Waals surface area contributed by atoms with E-state index in [1.54, 1.807) is 0 Å². The normalized spacial score (nSPS) is 10.3. The molecule has 2 rings (SSSR count). The lowest BCUT2D eigenvalue weighted by atomic mass is 10.2. The lowest BCUT2D eigenvalue weighted by Crippen LogP contribution is -2.13. The van der Waals surface area contributed by atoms with Gasteiger partial charge in [-0.05, 0) is 18.2 Å². The van der Waals surface area contributed by atoms with Crippen molar-refractivity contribution in [2.75, 3.05) is 11.1 Å². The average molecular weight is 318 g/mol. The topological polar surface area (TPSA) is 80.9 Å². The van der Waals surface area contributed by atoms with E-state index in [9.17, 15) is 4.79 Å². The molecule has 19 heavy (non-hydrogen) atoms. The smallest absolute Gasteiger partial charge is 0.256 e. The number of benzene rings is 1. The first kappa shape index (κ1) is 13.9. The second-order valence-electron chi connectivity index (χ2n) is 3.52. The van der Waals surface area contributed by atoms with Crippen LogP contribution in [0.3, 0.4) is 0 Å². The van der Waals surface area contributed by atoms with Crippen molar-refractivity contribution in [1.82, 2.24) is 9.97 Å². The molecule has 0 atom stereocenters. The summed E-state index contributed by atoms with van der Waals surface area (Å²) in [6, 6.07) is 4.52. The summed E-state index contributed by atoms with van der Waals surface area (Å²) in [5.74, 6) is -0.307. The van der Waals surface area contributed by atoms with Gasteiger partial charge in [-0.3, -0.25) is 4.79 Å². The van der Waals surface area contributed by atoms with Gasteiger partial charge in [0.05, 0.1) is 10.7 Å². The molecule has 0 saturated heterocycles. The van der Waals surface area contributed by atoms with E-state index in [-0.39, 0.29) is 16.0 Å². The van der Waals surface area contributed by atoms with E-state index in [1.807, 2.05) is 0 Å². The Labute approximate surface area is 123 Å². The predicted octanol–water partition coefficient (Wildman–Crippen LogP) is 3.27. The Hall–Kier alpha value is -1.56. The van der Waals surface area contributed by atoms with Gasteiger partial charge in [-0.25, -0.2) is 9.97 Å². The molecule has 3 N–H and O–H groups in total. The van der Waals surface area contributed by atoms with Gasteiger partial charge >= 0.3 is 0 Å². The third kappa shape index (κ3) is 3.07. The van der Waals surface area contributed by atoms with E-state index >= 15 is 0 Å². The fourth-order valence-electron chi connectivity index (χ4n) is 1.28. The van der Waals surface area contributed by atoms with Crippen molar-refractivity contribution in [1.29, 1.82) is 0 Å². The van der Waals surface area contributed by atoms with Crippen LogP contribution in [0.5, 0.6) is 0 Å². The number of aromatic nitrogens is 2. The summed E-state index contributed by atoms with van der Waals surface area (Å²) in [6.45, 7) is 0. The van der Waals surface area contributed by atoms with Crippen molar-refractivity contribution in [3.05, 3.63) is 45.3 Å². The molecule has 1 amide bonds. The number of hydrogen-bond acceptors (Lipinski definition) is 4. The molecule has 0 spiro atoms. The Kier molecular flexibility index (Phi) is 4.09. The molecule has 98 valence electrons. The molecule has 0 aliphatic carbocycles. The van der Waals surface area contributed by atoms with Crippen LogP contribution < -0.4 is 11.1 Å². The number of carbonyl (C=O) groups excluding carboxylic acids is 1. The molecule has 0 fully saturated rings. The third-order valence-electron chi connectivity index (χ3n) is 2.24. The predicted molar refractivity (Wildman–Crippen MR) is 75.9 cm³/mol. The number of carbonyl (C=O) groups is 1. The Morgan fingerprint density at radius 1 is 1.21 bits per heavy atom. The summed E-state index contributed by atoms with van der Waals surface area (Å²) in [6.07, 6.45) is 1.19. The molecule has 0 saturated carbocycles. The molecule has 1 aromatic heterocycles. The van der Waals surface area contributed by atoms with E-state index in [4.69, 9.17) is 40.5 Å². The molecule has 1 aromatic carbocycles. The zero-order chi connectivity index (χ0) is 14.0. The largest absolute Gasteiger partial charge is 0.398 e. The van der Waals surface area contributed by atoms with Crippen LogP contribution in [0.2, 0.25) is 15.2 Å². The molecular weight excluding hydrogens is 311 g/mol. The molecular formula is C11H7Cl3N4O. The Morgan fingerprint density at radius 2 is 1.95 bits per heavy atom. The van der Waals surface area contributed by atoms with Crippen molar-refractivity contribution in [2.45, 2.75) is 0 Å². The fourth-order valence-corrected chi connectivity index (χ4v) is 1.74. The average Bonchev–Trinajstić information content (AvgIpc) is 2.38. The SMILES string of the molecule is Nc1ccc(C(=O)Nc2ncnc(Cl)c2Cl)cc1Cl. The maximum Gasteiger partial charge on any atom is 0.256 e. The quantitative estimate of drug-likeness (QED) is 0.658. The highest BCUT2D eigenvalue weighted by molar-refractivity contribution is 6.43. The van der Waals surface area contributed by atoms with Gasteiger partial charge in [0.1, 0.15) is 11.3 Å². The van der Waals surface area contributed by atoms with Gasteiger partial charge in [-0.1, -0.05) is 34.8 Å². The number of halogens is 3. The minimum Gasteiger partial charge on any atom is -0.398 e. The number of rotatable bonds is 2. The highest BCUT2D eigenvalue weighted by Crippen LogP contribution is 2.26. The lowest BCUT2D eigenvalue weighted by molar-refractivity contribution is 0.102. The van der Waals surface area contributed by atoms with Gasteiger partial charge in [0.15, 0.2) is 11.0 Å². The fraction of sp³-hybridized carbons (Fsp3) is 0. The number of nitrogens with zero attached hydrogens (tertiary/aromatic N) is 2. The van der Waals surface area contributed by atoms with E-state index in [0.29, 0.717) is 16.3 Å². The van der Waals surface area contributed by atoms with E-state index in [2.05, 4.69) is 15.3 Å². The first-order chi connectivity index (χ1) is 8.99. The van der Waals surface area contributed by atoms with Gasteiger partial charge in [0.2, 0.25) is 0 Å². The summed E-state index contributed by atoms with van der Waals surface area (Å²) >= 11 is 17.4. The van der Waals surface area contributed by atoms with E-state index in [1.165, 1.54) is 24.5 Å².